The highest BCUT2D eigenvalue weighted by atomic mass is 16.6. The monoisotopic (exact) mass is 202 g/mol. The van der Waals surface area contributed by atoms with Crippen LogP contribution in [0.3, 0.4) is 0 Å². The van der Waals surface area contributed by atoms with Crippen LogP contribution in [0.25, 0.3) is 0 Å². The van der Waals surface area contributed by atoms with Crippen molar-refractivity contribution in [1.82, 2.24) is 0 Å². The topological polar surface area (TPSA) is 29.6 Å². The van der Waals surface area contributed by atoms with E-state index in [2.05, 4.69) is 25.2 Å². The first kappa shape index (κ1) is 8.28. The highest BCUT2D eigenvalue weighted by Gasteiger charge is 2.71. The molecule has 0 radical (unpaired) electrons. The fourth-order valence-electron chi connectivity index (χ4n) is 4.00. The minimum absolute atomic E-state index is 0.213. The smallest absolute Gasteiger partial charge is 0.178 e. The number of Topliss-reactive ketones (excluding diaryl/α,β-unsaturated/α-hetero) is 1. The van der Waals surface area contributed by atoms with Crippen LogP contribution in [-0.2, 0) is 9.53 Å². The predicted molar refractivity (Wildman–Crippen MR) is 55.2 cm³/mol. The Balaban J connectivity index is 1.96. The van der Waals surface area contributed by atoms with Crippen LogP contribution in [0.5, 0.6) is 0 Å². The molecule has 1 saturated heterocycles. The van der Waals surface area contributed by atoms with Crippen LogP contribution in [0, 0.1) is 17.3 Å². The summed E-state index contributed by atoms with van der Waals surface area (Å²) in [6.07, 6.45) is 8.66. The van der Waals surface area contributed by atoms with Crippen LogP contribution >= 0.6 is 0 Å². The van der Waals surface area contributed by atoms with E-state index in [0.29, 0.717) is 24.2 Å². The quantitative estimate of drug-likeness (QED) is 0.443. The van der Waals surface area contributed by atoms with Crippen molar-refractivity contribution in [2.45, 2.75) is 25.4 Å². The van der Waals surface area contributed by atoms with Crippen LogP contribution < -0.4 is 0 Å². The second kappa shape index (κ2) is 2.12. The van der Waals surface area contributed by atoms with Crippen molar-refractivity contribution in [2.24, 2.45) is 17.3 Å². The summed E-state index contributed by atoms with van der Waals surface area (Å²) in [6.45, 7) is 2.83. The third-order valence-electron chi connectivity index (χ3n) is 4.84. The number of ketones is 1. The molecule has 2 heteroatoms. The van der Waals surface area contributed by atoms with Gasteiger partial charge in [-0.05, 0) is 25.7 Å². The lowest BCUT2D eigenvalue weighted by molar-refractivity contribution is -0.140. The van der Waals surface area contributed by atoms with Crippen molar-refractivity contribution in [2.75, 3.05) is 6.61 Å². The molecule has 4 atom stereocenters. The van der Waals surface area contributed by atoms with Gasteiger partial charge < -0.3 is 4.74 Å². The van der Waals surface area contributed by atoms with Gasteiger partial charge in [-0.15, -0.1) is 0 Å². The molecule has 0 aromatic rings. The number of hydrogen-bond donors (Lipinski definition) is 0. The maximum Gasteiger partial charge on any atom is 0.178 e. The maximum absolute atomic E-state index is 12.5. The van der Waals surface area contributed by atoms with Gasteiger partial charge in [0.05, 0.1) is 12.0 Å². The molecule has 4 aliphatic carbocycles. The molecule has 2 fully saturated rings. The van der Waals surface area contributed by atoms with Gasteiger partial charge in [0.15, 0.2) is 11.4 Å². The van der Waals surface area contributed by atoms with Gasteiger partial charge in [-0.1, -0.05) is 23.8 Å². The molecular weight excluding hydrogens is 188 g/mol. The zero-order chi connectivity index (χ0) is 10.3. The van der Waals surface area contributed by atoms with Gasteiger partial charge in [0.25, 0.3) is 0 Å². The fraction of sp³-hybridized carbons (Fsp3) is 0.615. The molecule has 2 bridgehead atoms. The van der Waals surface area contributed by atoms with E-state index in [-0.39, 0.29) is 11.0 Å². The molecule has 15 heavy (non-hydrogen) atoms. The van der Waals surface area contributed by atoms with Gasteiger partial charge in [-0.2, -0.15) is 0 Å². The van der Waals surface area contributed by atoms with Gasteiger partial charge in [-0.25, -0.2) is 0 Å². The number of hydrogen-bond acceptors (Lipinski definition) is 2. The van der Waals surface area contributed by atoms with Crippen LogP contribution in [0.4, 0.5) is 0 Å². The summed E-state index contributed by atoms with van der Waals surface area (Å²) in [7, 11) is 0. The van der Waals surface area contributed by atoms with Crippen LogP contribution in [-0.4, -0.2) is 18.0 Å². The van der Waals surface area contributed by atoms with Crippen LogP contribution in [0.15, 0.2) is 23.8 Å². The summed E-state index contributed by atoms with van der Waals surface area (Å²) in [5.41, 5.74) is 0.781. The Labute approximate surface area is 89.0 Å². The van der Waals surface area contributed by atoms with E-state index in [0.717, 1.165) is 12.8 Å². The number of carbonyl (C=O) groups excluding carboxylic acids is 1. The van der Waals surface area contributed by atoms with Crippen LogP contribution in [0.1, 0.15) is 19.8 Å². The second-order valence-electron chi connectivity index (χ2n) is 5.46. The van der Waals surface area contributed by atoms with Crippen molar-refractivity contribution in [3.63, 3.8) is 0 Å². The van der Waals surface area contributed by atoms with Crippen molar-refractivity contribution in [3.05, 3.63) is 23.8 Å². The molecule has 1 heterocycles. The largest absolute Gasteiger partial charge is 0.361 e. The minimum Gasteiger partial charge on any atom is -0.361 e. The Morgan fingerprint density at radius 3 is 3.07 bits per heavy atom. The normalized spacial score (nSPS) is 54.7. The van der Waals surface area contributed by atoms with Gasteiger partial charge in [0.2, 0.25) is 0 Å². The highest BCUT2D eigenvalue weighted by molar-refractivity contribution is 6.00. The van der Waals surface area contributed by atoms with Crippen molar-refractivity contribution in [1.29, 1.82) is 0 Å². The molecule has 1 saturated carbocycles. The summed E-state index contributed by atoms with van der Waals surface area (Å²) in [4.78, 5) is 12.5. The summed E-state index contributed by atoms with van der Waals surface area (Å²) in [5.74, 6) is 1.18. The first-order chi connectivity index (χ1) is 7.19. The van der Waals surface area contributed by atoms with Crippen molar-refractivity contribution < 1.29 is 9.53 Å². The SMILES string of the molecule is CC1=CC23CC=CC2CC1C1(CO1)C3=O. The van der Waals surface area contributed by atoms with Gasteiger partial charge >= 0.3 is 0 Å². The number of carbonyl (C=O) groups is 1. The van der Waals surface area contributed by atoms with E-state index in [9.17, 15) is 4.79 Å². The zero-order valence-corrected chi connectivity index (χ0v) is 8.82. The molecule has 0 aromatic heterocycles. The van der Waals surface area contributed by atoms with E-state index in [1.807, 2.05) is 0 Å². The Morgan fingerprint density at radius 2 is 2.33 bits per heavy atom. The molecule has 0 N–H and O–H groups in total. The Morgan fingerprint density at radius 1 is 1.53 bits per heavy atom. The Kier molecular flexibility index (Phi) is 1.17. The highest BCUT2D eigenvalue weighted by Crippen LogP contribution is 2.63. The van der Waals surface area contributed by atoms with E-state index in [4.69, 9.17) is 4.74 Å². The van der Waals surface area contributed by atoms with Gasteiger partial charge in [0, 0.05) is 5.92 Å². The minimum atomic E-state index is -0.388. The van der Waals surface area contributed by atoms with E-state index < -0.39 is 0 Å². The fourth-order valence-corrected chi connectivity index (χ4v) is 4.00. The number of epoxide rings is 1. The van der Waals surface area contributed by atoms with Gasteiger partial charge in [0.1, 0.15) is 0 Å². The van der Waals surface area contributed by atoms with E-state index in [1.54, 1.807) is 0 Å². The lowest BCUT2D eigenvalue weighted by Crippen LogP contribution is -2.56. The molecule has 0 amide bonds. The lowest BCUT2D eigenvalue weighted by atomic mass is 9.53. The Hall–Kier alpha value is -0.890. The Bertz CT molecular complexity index is 428. The number of allylic oxidation sites excluding steroid dienone is 3. The summed E-state index contributed by atoms with van der Waals surface area (Å²) in [5, 5.41) is 0. The summed E-state index contributed by atoms with van der Waals surface area (Å²) in [6, 6.07) is 0. The first-order valence-electron chi connectivity index (χ1n) is 5.74. The maximum atomic E-state index is 12.5. The third kappa shape index (κ3) is 0.699. The molecule has 2 spiro atoms. The van der Waals surface area contributed by atoms with Gasteiger partial charge in [-0.3, -0.25) is 4.79 Å². The molecule has 78 valence electrons. The van der Waals surface area contributed by atoms with E-state index in [1.165, 1.54) is 5.57 Å². The third-order valence-corrected chi connectivity index (χ3v) is 4.84. The van der Waals surface area contributed by atoms with Crippen molar-refractivity contribution >= 4 is 5.78 Å². The molecule has 2 nitrogen and oxygen atoms in total. The molecule has 5 aliphatic rings. The lowest BCUT2D eigenvalue weighted by Gasteiger charge is -2.48. The summed E-state index contributed by atoms with van der Waals surface area (Å²) >= 11 is 0. The average Bonchev–Trinajstić information content (AvgIpc) is 2.88. The molecule has 1 aliphatic heterocycles. The second-order valence-corrected chi connectivity index (χ2v) is 5.46. The predicted octanol–water partition coefficient (Wildman–Crippen LogP) is 1.87. The molecule has 5 rings (SSSR count). The zero-order valence-electron chi connectivity index (χ0n) is 8.82. The van der Waals surface area contributed by atoms with Crippen LogP contribution in [0.2, 0.25) is 0 Å². The standard InChI is InChI=1S/C13H14O2/c1-8-6-12-4-2-3-9(12)5-10(8)13(7-15-13)11(12)14/h2-3,6,9-10H,4-5,7H2,1H3. The van der Waals surface area contributed by atoms with Crippen molar-refractivity contribution in [3.8, 4) is 0 Å². The molecule has 4 unspecified atom stereocenters. The average molecular weight is 202 g/mol. The first-order valence-corrected chi connectivity index (χ1v) is 5.74. The molecular formula is C13H14O2. The molecule has 0 aromatic carbocycles. The summed E-state index contributed by atoms with van der Waals surface area (Å²) < 4.78 is 5.54. The van der Waals surface area contributed by atoms with E-state index >= 15 is 0 Å². The number of ether oxygens (including phenoxy) is 1. The number of rotatable bonds is 0.